The fraction of sp³-hybridized carbons (Fsp3) is 0.250. The molecule has 0 saturated heterocycles. The highest BCUT2D eigenvalue weighted by molar-refractivity contribution is 8.00. The van der Waals surface area contributed by atoms with E-state index in [1.807, 2.05) is 25.1 Å². The highest BCUT2D eigenvalue weighted by atomic mass is 32.2. The lowest BCUT2D eigenvalue weighted by Gasteiger charge is -2.05. The van der Waals surface area contributed by atoms with Crippen LogP contribution in [0.5, 0.6) is 0 Å². The molecule has 2 N–H and O–H groups in total. The molecule has 0 spiro atoms. The van der Waals surface area contributed by atoms with E-state index in [2.05, 4.69) is 20.8 Å². The van der Waals surface area contributed by atoms with Gasteiger partial charge in [0.05, 0.1) is 26.7 Å². The van der Waals surface area contributed by atoms with Crippen LogP contribution in [0.3, 0.4) is 0 Å². The van der Waals surface area contributed by atoms with Gasteiger partial charge in [-0.1, -0.05) is 5.16 Å². The molecule has 0 atom stereocenters. The molecule has 0 saturated carbocycles. The summed E-state index contributed by atoms with van der Waals surface area (Å²) in [7, 11) is 0. The number of rotatable bonds is 6. The molecule has 0 aliphatic carbocycles. The SMILES string of the molecule is Cc1cc(NC(=O)CSCC(=O)Nc2ccc3nc(C)sc3c2)no1. The maximum Gasteiger partial charge on any atom is 0.235 e. The maximum atomic E-state index is 12.0. The van der Waals surface area contributed by atoms with Crippen molar-refractivity contribution in [2.75, 3.05) is 22.1 Å². The predicted octanol–water partition coefficient (Wildman–Crippen LogP) is 3.21. The topological polar surface area (TPSA) is 97.1 Å². The Morgan fingerprint density at radius 1 is 1.16 bits per heavy atom. The van der Waals surface area contributed by atoms with Crippen LogP contribution >= 0.6 is 23.1 Å². The van der Waals surface area contributed by atoms with Gasteiger partial charge in [-0.3, -0.25) is 9.59 Å². The van der Waals surface area contributed by atoms with Gasteiger partial charge in [-0.25, -0.2) is 4.98 Å². The smallest absolute Gasteiger partial charge is 0.235 e. The van der Waals surface area contributed by atoms with Crippen molar-refractivity contribution in [2.45, 2.75) is 13.8 Å². The number of anilines is 2. The molecule has 25 heavy (non-hydrogen) atoms. The monoisotopic (exact) mass is 376 g/mol. The fourth-order valence-electron chi connectivity index (χ4n) is 2.16. The van der Waals surface area contributed by atoms with E-state index in [0.29, 0.717) is 11.6 Å². The Balaban J connectivity index is 1.44. The summed E-state index contributed by atoms with van der Waals surface area (Å²) in [5.74, 6) is 0.955. The number of aryl methyl sites for hydroxylation is 2. The van der Waals surface area contributed by atoms with E-state index in [1.54, 1.807) is 24.3 Å². The van der Waals surface area contributed by atoms with Crippen LogP contribution in [0, 0.1) is 13.8 Å². The van der Waals surface area contributed by atoms with E-state index in [4.69, 9.17) is 4.52 Å². The molecule has 2 aromatic heterocycles. The summed E-state index contributed by atoms with van der Waals surface area (Å²) in [4.78, 5) is 28.1. The van der Waals surface area contributed by atoms with Crippen molar-refractivity contribution < 1.29 is 14.1 Å². The normalized spacial score (nSPS) is 10.8. The van der Waals surface area contributed by atoms with Gasteiger partial charge in [0.2, 0.25) is 11.8 Å². The summed E-state index contributed by atoms with van der Waals surface area (Å²) >= 11 is 2.81. The van der Waals surface area contributed by atoms with Crippen molar-refractivity contribution in [3.8, 4) is 0 Å². The van der Waals surface area contributed by atoms with Crippen molar-refractivity contribution in [1.82, 2.24) is 10.1 Å². The van der Waals surface area contributed by atoms with Gasteiger partial charge in [-0.15, -0.1) is 23.1 Å². The largest absolute Gasteiger partial charge is 0.360 e. The molecule has 2 amide bonds. The molecule has 1 aromatic carbocycles. The van der Waals surface area contributed by atoms with Crippen molar-refractivity contribution in [2.24, 2.45) is 0 Å². The van der Waals surface area contributed by atoms with Crippen LogP contribution in [0.2, 0.25) is 0 Å². The van der Waals surface area contributed by atoms with E-state index in [0.717, 1.165) is 20.9 Å². The fourth-order valence-corrected chi connectivity index (χ4v) is 3.64. The van der Waals surface area contributed by atoms with Crippen LogP contribution in [0.15, 0.2) is 28.8 Å². The molecule has 130 valence electrons. The number of hydrogen-bond donors (Lipinski definition) is 2. The number of aromatic nitrogens is 2. The van der Waals surface area contributed by atoms with E-state index in [1.165, 1.54) is 11.8 Å². The van der Waals surface area contributed by atoms with Crippen LogP contribution in [-0.4, -0.2) is 33.5 Å². The molecule has 3 rings (SSSR count). The quantitative estimate of drug-likeness (QED) is 0.686. The first-order chi connectivity index (χ1) is 12.0. The standard InChI is InChI=1S/C16H16N4O3S2/c1-9-5-14(20-23-9)19-16(22)8-24-7-15(21)18-11-3-4-12-13(6-11)25-10(2)17-12/h3-6H,7-8H2,1-2H3,(H,18,21)(H,19,20,22). The lowest BCUT2D eigenvalue weighted by Crippen LogP contribution is -2.18. The van der Waals surface area contributed by atoms with Gasteiger partial charge in [-0.2, -0.15) is 0 Å². The lowest BCUT2D eigenvalue weighted by molar-refractivity contribution is -0.114. The Kier molecular flexibility index (Phi) is 5.34. The molecule has 0 fully saturated rings. The number of nitrogens with one attached hydrogen (secondary N) is 2. The van der Waals surface area contributed by atoms with E-state index in [9.17, 15) is 9.59 Å². The third-order valence-electron chi connectivity index (χ3n) is 3.14. The number of thioether (sulfide) groups is 1. The molecule has 0 radical (unpaired) electrons. The highest BCUT2D eigenvalue weighted by Crippen LogP contribution is 2.24. The number of carbonyl (C=O) groups excluding carboxylic acids is 2. The predicted molar refractivity (Wildman–Crippen MR) is 100 cm³/mol. The Labute approximate surface area is 152 Å². The molecule has 0 aliphatic heterocycles. The van der Waals surface area contributed by atoms with Crippen molar-refractivity contribution in [3.63, 3.8) is 0 Å². The van der Waals surface area contributed by atoms with E-state index < -0.39 is 0 Å². The molecule has 0 unspecified atom stereocenters. The third kappa shape index (κ3) is 4.80. The number of nitrogens with zero attached hydrogens (tertiary/aromatic N) is 2. The van der Waals surface area contributed by atoms with Gasteiger partial charge in [0.15, 0.2) is 5.82 Å². The van der Waals surface area contributed by atoms with Gasteiger partial charge in [0.25, 0.3) is 0 Å². The third-order valence-corrected chi connectivity index (χ3v) is 5.01. The molecule has 2 heterocycles. The van der Waals surface area contributed by atoms with Crippen molar-refractivity contribution in [3.05, 3.63) is 35.0 Å². The number of amides is 2. The van der Waals surface area contributed by atoms with Crippen molar-refractivity contribution in [1.29, 1.82) is 0 Å². The van der Waals surface area contributed by atoms with E-state index in [-0.39, 0.29) is 23.3 Å². The minimum atomic E-state index is -0.229. The second kappa shape index (κ2) is 7.66. The summed E-state index contributed by atoms with van der Waals surface area (Å²) in [5.41, 5.74) is 1.65. The molecule has 3 aromatic rings. The number of carbonyl (C=O) groups is 2. The summed E-state index contributed by atoms with van der Waals surface area (Å²) in [6, 6.07) is 7.24. The first kappa shape index (κ1) is 17.4. The number of fused-ring (bicyclic) bond motifs is 1. The number of benzene rings is 1. The maximum absolute atomic E-state index is 12.0. The van der Waals surface area contributed by atoms with Crippen LogP contribution in [0.4, 0.5) is 11.5 Å². The summed E-state index contributed by atoms with van der Waals surface area (Å²) in [6.45, 7) is 3.69. The van der Waals surface area contributed by atoms with E-state index >= 15 is 0 Å². The van der Waals surface area contributed by atoms with Crippen LogP contribution in [0.25, 0.3) is 10.2 Å². The highest BCUT2D eigenvalue weighted by Gasteiger charge is 2.09. The van der Waals surface area contributed by atoms with Gasteiger partial charge < -0.3 is 15.2 Å². The first-order valence-electron chi connectivity index (χ1n) is 7.47. The minimum absolute atomic E-state index is 0.157. The number of hydrogen-bond acceptors (Lipinski definition) is 7. The van der Waals surface area contributed by atoms with Gasteiger partial charge in [0.1, 0.15) is 5.76 Å². The molecule has 9 heteroatoms. The Hall–Kier alpha value is -2.39. The van der Waals surface area contributed by atoms with Gasteiger partial charge in [-0.05, 0) is 32.0 Å². The zero-order valence-electron chi connectivity index (χ0n) is 13.7. The van der Waals surface area contributed by atoms with Crippen LogP contribution in [-0.2, 0) is 9.59 Å². The summed E-state index contributed by atoms with van der Waals surface area (Å²) in [6.07, 6.45) is 0. The summed E-state index contributed by atoms with van der Waals surface area (Å²) < 4.78 is 5.90. The molecular formula is C16H16N4O3S2. The Bertz CT molecular complexity index is 919. The van der Waals surface area contributed by atoms with Gasteiger partial charge in [0, 0.05) is 11.8 Å². The van der Waals surface area contributed by atoms with Crippen LogP contribution in [0.1, 0.15) is 10.8 Å². The first-order valence-corrected chi connectivity index (χ1v) is 9.45. The zero-order chi connectivity index (χ0) is 17.8. The van der Waals surface area contributed by atoms with Crippen molar-refractivity contribution >= 4 is 56.6 Å². The zero-order valence-corrected chi connectivity index (χ0v) is 15.3. The van der Waals surface area contributed by atoms with Crippen LogP contribution < -0.4 is 10.6 Å². The minimum Gasteiger partial charge on any atom is -0.360 e. The average Bonchev–Trinajstić information content (AvgIpc) is 3.11. The molecule has 7 nitrogen and oxygen atoms in total. The molecule has 0 aliphatic rings. The lowest BCUT2D eigenvalue weighted by atomic mass is 10.3. The van der Waals surface area contributed by atoms with Gasteiger partial charge >= 0.3 is 0 Å². The second-order valence-corrected chi connectivity index (χ2v) is 7.55. The second-order valence-electron chi connectivity index (χ2n) is 5.33. The average molecular weight is 376 g/mol. The molecule has 0 bridgehead atoms. The Morgan fingerprint density at radius 3 is 2.64 bits per heavy atom. The summed E-state index contributed by atoms with van der Waals surface area (Å²) in [5, 5.41) is 10.1. The molecular weight excluding hydrogens is 360 g/mol. The number of thiazole rings is 1. The Morgan fingerprint density at radius 2 is 1.92 bits per heavy atom.